The molecule has 1 aliphatic rings. The monoisotopic (exact) mass is 434 g/mol. The zero-order valence-electron chi connectivity index (χ0n) is 16.6. The summed E-state index contributed by atoms with van der Waals surface area (Å²) in [6.07, 6.45) is 0. The van der Waals surface area contributed by atoms with Crippen molar-refractivity contribution in [3.63, 3.8) is 0 Å². The standard InChI is InChI=1S/C23H18N2O5S/c1-14-5-2-3-7-19(14)25-21(27)17-9-8-15(11-18(17)22(25)28)23(29)30-13-20(26)24-12-16-6-4-10-31-16/h2-11H,12-13H2,1H3,(H,24,26). The number of hydrogen-bond acceptors (Lipinski definition) is 6. The van der Waals surface area contributed by atoms with Crippen molar-refractivity contribution in [1.82, 2.24) is 5.32 Å². The van der Waals surface area contributed by atoms with Crippen LogP contribution in [0.3, 0.4) is 0 Å². The number of hydrogen-bond donors (Lipinski definition) is 1. The van der Waals surface area contributed by atoms with Crippen LogP contribution < -0.4 is 10.2 Å². The fourth-order valence-corrected chi connectivity index (χ4v) is 3.91. The quantitative estimate of drug-likeness (QED) is 0.475. The summed E-state index contributed by atoms with van der Waals surface area (Å²) in [4.78, 5) is 52.0. The van der Waals surface area contributed by atoms with Crippen molar-refractivity contribution in [2.75, 3.05) is 11.5 Å². The van der Waals surface area contributed by atoms with Crippen molar-refractivity contribution in [2.45, 2.75) is 13.5 Å². The lowest BCUT2D eigenvalue weighted by Crippen LogP contribution is -2.30. The summed E-state index contributed by atoms with van der Waals surface area (Å²) in [7, 11) is 0. The largest absolute Gasteiger partial charge is 0.452 e. The minimum absolute atomic E-state index is 0.0950. The molecule has 1 N–H and O–H groups in total. The Kier molecular flexibility index (Phi) is 5.64. The topological polar surface area (TPSA) is 92.8 Å². The normalized spacial score (nSPS) is 12.6. The number of ether oxygens (including phenoxy) is 1. The van der Waals surface area contributed by atoms with Gasteiger partial charge in [-0.3, -0.25) is 14.4 Å². The van der Waals surface area contributed by atoms with E-state index in [1.165, 1.54) is 29.5 Å². The highest BCUT2D eigenvalue weighted by Crippen LogP contribution is 2.31. The molecule has 0 bridgehead atoms. The van der Waals surface area contributed by atoms with Crippen LogP contribution in [-0.2, 0) is 16.1 Å². The summed E-state index contributed by atoms with van der Waals surface area (Å²) >= 11 is 1.51. The second-order valence-corrected chi connectivity index (χ2v) is 7.96. The van der Waals surface area contributed by atoms with Crippen LogP contribution in [0.1, 0.15) is 41.5 Å². The number of benzene rings is 2. The molecule has 0 aliphatic carbocycles. The predicted molar refractivity (Wildman–Crippen MR) is 115 cm³/mol. The number of rotatable bonds is 6. The Morgan fingerprint density at radius 1 is 1.00 bits per heavy atom. The molecule has 31 heavy (non-hydrogen) atoms. The van der Waals surface area contributed by atoms with Gasteiger partial charge in [-0.1, -0.05) is 24.3 Å². The van der Waals surface area contributed by atoms with Gasteiger partial charge in [-0.2, -0.15) is 0 Å². The highest BCUT2D eigenvalue weighted by Gasteiger charge is 2.37. The second-order valence-electron chi connectivity index (χ2n) is 6.92. The smallest absolute Gasteiger partial charge is 0.338 e. The van der Waals surface area contributed by atoms with Gasteiger partial charge in [0.15, 0.2) is 6.61 Å². The number of thiophene rings is 1. The van der Waals surface area contributed by atoms with Crippen molar-refractivity contribution >= 4 is 40.7 Å². The summed E-state index contributed by atoms with van der Waals surface area (Å²) in [6, 6.07) is 15.0. The first kappa shape index (κ1) is 20.5. The van der Waals surface area contributed by atoms with Crippen LogP contribution in [0.25, 0.3) is 0 Å². The summed E-state index contributed by atoms with van der Waals surface area (Å²) in [5.74, 6) is -2.12. The van der Waals surface area contributed by atoms with Crippen molar-refractivity contribution < 1.29 is 23.9 Å². The van der Waals surface area contributed by atoms with Crippen LogP contribution in [0.2, 0.25) is 0 Å². The number of nitrogens with zero attached hydrogens (tertiary/aromatic N) is 1. The molecule has 2 heterocycles. The van der Waals surface area contributed by atoms with Crippen molar-refractivity contribution in [1.29, 1.82) is 0 Å². The van der Waals surface area contributed by atoms with E-state index in [4.69, 9.17) is 4.74 Å². The maximum Gasteiger partial charge on any atom is 0.338 e. The third-order valence-corrected chi connectivity index (χ3v) is 5.73. The molecule has 0 fully saturated rings. The molecule has 0 atom stereocenters. The molecular weight excluding hydrogens is 416 g/mol. The molecule has 0 saturated heterocycles. The predicted octanol–water partition coefficient (Wildman–Crippen LogP) is 3.33. The molecule has 2 aromatic carbocycles. The Bertz CT molecular complexity index is 1190. The Balaban J connectivity index is 1.44. The van der Waals surface area contributed by atoms with E-state index < -0.39 is 30.3 Å². The van der Waals surface area contributed by atoms with Gasteiger partial charge in [-0.05, 0) is 48.2 Å². The highest BCUT2D eigenvalue weighted by molar-refractivity contribution is 7.09. The highest BCUT2D eigenvalue weighted by atomic mass is 32.1. The van der Waals surface area contributed by atoms with Gasteiger partial charge in [0.25, 0.3) is 17.7 Å². The van der Waals surface area contributed by atoms with E-state index in [0.29, 0.717) is 12.2 Å². The molecule has 0 unspecified atom stereocenters. The van der Waals surface area contributed by atoms with Crippen LogP contribution in [0.15, 0.2) is 60.0 Å². The van der Waals surface area contributed by atoms with Gasteiger partial charge in [0, 0.05) is 4.88 Å². The first-order valence-electron chi connectivity index (χ1n) is 9.50. The summed E-state index contributed by atoms with van der Waals surface area (Å²) in [5.41, 5.74) is 1.73. The zero-order valence-corrected chi connectivity index (χ0v) is 17.4. The SMILES string of the molecule is Cc1ccccc1N1C(=O)c2ccc(C(=O)OCC(=O)NCc3cccs3)cc2C1=O. The Labute approximate surface area is 182 Å². The fourth-order valence-electron chi connectivity index (χ4n) is 3.27. The van der Waals surface area contributed by atoms with E-state index in [2.05, 4.69) is 5.32 Å². The van der Waals surface area contributed by atoms with Crippen LogP contribution in [0.4, 0.5) is 5.69 Å². The summed E-state index contributed by atoms with van der Waals surface area (Å²) < 4.78 is 5.05. The lowest BCUT2D eigenvalue weighted by atomic mass is 10.1. The number of carbonyl (C=O) groups excluding carboxylic acids is 4. The van der Waals surface area contributed by atoms with E-state index in [1.807, 2.05) is 36.6 Å². The Morgan fingerprint density at radius 2 is 1.77 bits per heavy atom. The van der Waals surface area contributed by atoms with E-state index in [9.17, 15) is 19.2 Å². The number of anilines is 1. The number of nitrogens with one attached hydrogen (secondary N) is 1. The van der Waals surface area contributed by atoms with E-state index in [0.717, 1.165) is 15.3 Å². The van der Waals surface area contributed by atoms with Gasteiger partial charge < -0.3 is 10.1 Å². The molecule has 7 nitrogen and oxygen atoms in total. The summed E-state index contributed by atoms with van der Waals surface area (Å²) in [6.45, 7) is 1.73. The van der Waals surface area contributed by atoms with Gasteiger partial charge in [0.1, 0.15) is 0 Å². The molecule has 156 valence electrons. The van der Waals surface area contributed by atoms with Gasteiger partial charge in [0.2, 0.25) is 0 Å². The van der Waals surface area contributed by atoms with Crippen LogP contribution in [0, 0.1) is 6.92 Å². The minimum atomic E-state index is -0.747. The maximum atomic E-state index is 12.9. The second kappa shape index (κ2) is 8.53. The lowest BCUT2D eigenvalue weighted by molar-refractivity contribution is -0.124. The number of imide groups is 1. The number of para-hydroxylation sites is 1. The van der Waals surface area contributed by atoms with Crippen LogP contribution >= 0.6 is 11.3 Å². The molecule has 0 saturated carbocycles. The van der Waals surface area contributed by atoms with E-state index in [-0.39, 0.29) is 16.7 Å². The average Bonchev–Trinajstić information content (AvgIpc) is 3.38. The zero-order chi connectivity index (χ0) is 22.0. The molecule has 8 heteroatoms. The first-order chi connectivity index (χ1) is 15.0. The Hall–Kier alpha value is -3.78. The third-order valence-electron chi connectivity index (χ3n) is 4.85. The molecular formula is C23H18N2O5S. The number of carbonyl (C=O) groups is 4. The number of fused-ring (bicyclic) bond motifs is 1. The maximum absolute atomic E-state index is 12.9. The van der Waals surface area contributed by atoms with Crippen molar-refractivity contribution in [2.24, 2.45) is 0 Å². The summed E-state index contributed by atoms with van der Waals surface area (Å²) in [5, 5.41) is 4.57. The molecule has 3 aromatic rings. The van der Waals surface area contributed by atoms with Gasteiger partial charge in [0.05, 0.1) is 28.9 Å². The first-order valence-corrected chi connectivity index (χ1v) is 10.4. The molecule has 0 spiro atoms. The third kappa shape index (κ3) is 4.10. The molecule has 1 aromatic heterocycles. The molecule has 1 aliphatic heterocycles. The number of amides is 3. The van der Waals surface area contributed by atoms with Gasteiger partial charge in [-0.15, -0.1) is 11.3 Å². The van der Waals surface area contributed by atoms with Crippen molar-refractivity contribution in [3.05, 3.63) is 87.1 Å². The van der Waals surface area contributed by atoms with Crippen LogP contribution in [0.5, 0.6) is 0 Å². The van der Waals surface area contributed by atoms with E-state index >= 15 is 0 Å². The molecule has 3 amide bonds. The van der Waals surface area contributed by atoms with E-state index in [1.54, 1.807) is 12.1 Å². The number of aryl methyl sites for hydroxylation is 1. The minimum Gasteiger partial charge on any atom is -0.452 e. The number of esters is 1. The van der Waals surface area contributed by atoms with Crippen molar-refractivity contribution in [3.8, 4) is 0 Å². The van der Waals surface area contributed by atoms with Crippen LogP contribution in [-0.4, -0.2) is 30.3 Å². The fraction of sp³-hybridized carbons (Fsp3) is 0.130. The Morgan fingerprint density at radius 3 is 2.52 bits per heavy atom. The van der Waals surface area contributed by atoms with Gasteiger partial charge >= 0.3 is 5.97 Å². The molecule has 4 rings (SSSR count). The molecule has 0 radical (unpaired) electrons. The van der Waals surface area contributed by atoms with Gasteiger partial charge in [-0.25, -0.2) is 9.69 Å². The lowest BCUT2D eigenvalue weighted by Gasteiger charge is -2.16. The average molecular weight is 434 g/mol.